The number of methoxy groups -OCH3 is 2. The van der Waals surface area contributed by atoms with Gasteiger partial charge in [-0.2, -0.15) is 5.10 Å². The Morgan fingerprint density at radius 2 is 1.76 bits per heavy atom. The van der Waals surface area contributed by atoms with Crippen LogP contribution in [0.2, 0.25) is 0 Å². The second-order valence-electron chi connectivity index (χ2n) is 10.2. The molecular weight excluding hydrogens is 522 g/mol. The van der Waals surface area contributed by atoms with Crippen molar-refractivity contribution >= 4 is 17.5 Å². The lowest BCUT2D eigenvalue weighted by atomic mass is 9.99. The van der Waals surface area contributed by atoms with Crippen LogP contribution >= 0.6 is 0 Å². The van der Waals surface area contributed by atoms with E-state index in [4.69, 9.17) is 19.3 Å². The van der Waals surface area contributed by atoms with Crippen molar-refractivity contribution in [2.75, 3.05) is 60.2 Å². The van der Waals surface area contributed by atoms with Crippen LogP contribution in [-0.2, 0) is 16.6 Å². The lowest BCUT2D eigenvalue weighted by Gasteiger charge is -2.31. The molecule has 1 aromatic heterocycles. The van der Waals surface area contributed by atoms with Gasteiger partial charge in [-0.1, -0.05) is 18.2 Å². The van der Waals surface area contributed by atoms with Gasteiger partial charge in [0.1, 0.15) is 18.0 Å². The number of carbonyl (C=O) groups excluding carboxylic acids is 2. The molecule has 0 radical (unpaired) electrons. The van der Waals surface area contributed by atoms with E-state index in [0.717, 1.165) is 30.1 Å². The van der Waals surface area contributed by atoms with Crippen LogP contribution in [0.1, 0.15) is 34.1 Å². The van der Waals surface area contributed by atoms with Crippen LogP contribution in [-0.4, -0.2) is 97.1 Å². The number of carbonyl (C=O) groups is 2. The molecule has 2 aromatic carbocycles. The fraction of sp³-hybridized carbons (Fsp3) is 0.387. The van der Waals surface area contributed by atoms with E-state index in [2.05, 4.69) is 4.90 Å². The number of rotatable bonds is 10. The molecule has 0 bridgehead atoms. The van der Waals surface area contributed by atoms with Crippen LogP contribution in [0, 0.1) is 0 Å². The third-order valence-corrected chi connectivity index (χ3v) is 7.64. The van der Waals surface area contributed by atoms with Crippen LogP contribution < -0.4 is 9.47 Å². The largest absolute Gasteiger partial charge is 0.497 e. The van der Waals surface area contributed by atoms with E-state index < -0.39 is 0 Å². The van der Waals surface area contributed by atoms with Gasteiger partial charge in [-0.15, -0.1) is 0 Å². The zero-order chi connectivity index (χ0) is 28.8. The number of hydrogen-bond donors (Lipinski definition) is 0. The molecule has 0 spiro atoms. The van der Waals surface area contributed by atoms with Gasteiger partial charge in [0.25, 0.3) is 11.8 Å². The molecule has 2 aliphatic rings. The molecule has 216 valence electrons. The number of morpholine rings is 1. The predicted molar refractivity (Wildman–Crippen MR) is 155 cm³/mol. The Kier molecular flexibility index (Phi) is 9.01. The third kappa shape index (κ3) is 6.44. The van der Waals surface area contributed by atoms with Crippen LogP contribution in [0.15, 0.2) is 72.0 Å². The SMILES string of the molecule is COc1ccc(C(=O)N(CCN2CCOCC2)CC(=O)N2N=C(c3cccn3C)C[C@H]2c2ccccc2OC)cc1. The van der Waals surface area contributed by atoms with Crippen molar-refractivity contribution in [3.63, 3.8) is 0 Å². The molecule has 1 atom stereocenters. The van der Waals surface area contributed by atoms with Crippen LogP contribution in [0.4, 0.5) is 0 Å². The van der Waals surface area contributed by atoms with Crippen molar-refractivity contribution in [1.29, 1.82) is 0 Å². The number of benzene rings is 2. The number of aromatic nitrogens is 1. The number of para-hydroxylation sites is 1. The van der Waals surface area contributed by atoms with E-state index in [1.54, 1.807) is 43.4 Å². The molecule has 5 rings (SSSR count). The fourth-order valence-electron chi connectivity index (χ4n) is 5.33. The van der Waals surface area contributed by atoms with Crippen LogP contribution in [0.25, 0.3) is 0 Å². The van der Waals surface area contributed by atoms with Crippen molar-refractivity contribution in [2.45, 2.75) is 12.5 Å². The maximum absolute atomic E-state index is 14.1. The summed E-state index contributed by atoms with van der Waals surface area (Å²) in [5.74, 6) is 0.886. The summed E-state index contributed by atoms with van der Waals surface area (Å²) in [5, 5.41) is 6.36. The molecule has 1 fully saturated rings. The number of hydrogen-bond acceptors (Lipinski definition) is 7. The standard InChI is InChI=1S/C31H37N5O5/c1-33-14-6-8-27(33)26-21-28(25-7-4-5-9-29(25)40-3)36(32-26)30(37)22-35(16-15-34-17-19-41-20-18-34)31(38)23-10-12-24(39-2)13-11-23/h4-14,28H,15-22H2,1-3H3/t28-/m0/s1. The van der Waals surface area contributed by atoms with E-state index in [-0.39, 0.29) is 24.4 Å². The summed E-state index contributed by atoms with van der Waals surface area (Å²) in [5.41, 5.74) is 3.12. The molecule has 10 heteroatoms. The molecule has 3 heterocycles. The molecule has 0 aliphatic carbocycles. The second kappa shape index (κ2) is 13.0. The Bertz CT molecular complexity index is 1380. The highest BCUT2D eigenvalue weighted by molar-refractivity contribution is 6.03. The molecule has 0 unspecified atom stereocenters. The van der Waals surface area contributed by atoms with Crippen molar-refractivity contribution in [3.8, 4) is 11.5 Å². The zero-order valence-corrected chi connectivity index (χ0v) is 23.9. The molecule has 3 aromatic rings. The summed E-state index contributed by atoms with van der Waals surface area (Å²) in [4.78, 5) is 31.6. The Morgan fingerprint density at radius 3 is 2.44 bits per heavy atom. The monoisotopic (exact) mass is 559 g/mol. The van der Waals surface area contributed by atoms with E-state index >= 15 is 0 Å². The maximum Gasteiger partial charge on any atom is 0.262 e. The first-order valence-electron chi connectivity index (χ1n) is 13.9. The van der Waals surface area contributed by atoms with Gasteiger partial charge in [-0.3, -0.25) is 14.5 Å². The van der Waals surface area contributed by atoms with Gasteiger partial charge in [-0.25, -0.2) is 5.01 Å². The topological polar surface area (TPSA) is 88.8 Å². The van der Waals surface area contributed by atoms with E-state index in [0.29, 0.717) is 49.8 Å². The van der Waals surface area contributed by atoms with Gasteiger partial charge >= 0.3 is 0 Å². The van der Waals surface area contributed by atoms with Crippen molar-refractivity contribution in [3.05, 3.63) is 83.7 Å². The average Bonchev–Trinajstić information content (AvgIpc) is 3.65. The molecule has 2 aliphatic heterocycles. The summed E-state index contributed by atoms with van der Waals surface area (Å²) in [6, 6.07) is 18.3. The van der Waals surface area contributed by atoms with Gasteiger partial charge in [0.2, 0.25) is 0 Å². The Hall–Kier alpha value is -4.15. The van der Waals surface area contributed by atoms with E-state index in [9.17, 15) is 9.59 Å². The summed E-state index contributed by atoms with van der Waals surface area (Å²) in [6.45, 7) is 3.86. The minimum Gasteiger partial charge on any atom is -0.497 e. The molecule has 0 saturated carbocycles. The van der Waals surface area contributed by atoms with Gasteiger partial charge in [0.05, 0.1) is 44.9 Å². The van der Waals surface area contributed by atoms with Gasteiger partial charge in [0, 0.05) is 57.0 Å². The summed E-state index contributed by atoms with van der Waals surface area (Å²) >= 11 is 0. The lowest BCUT2D eigenvalue weighted by molar-refractivity contribution is -0.133. The number of aryl methyl sites for hydroxylation is 1. The first-order valence-corrected chi connectivity index (χ1v) is 13.9. The zero-order valence-electron chi connectivity index (χ0n) is 23.9. The van der Waals surface area contributed by atoms with E-state index in [1.165, 1.54) is 5.01 Å². The predicted octanol–water partition coefficient (Wildman–Crippen LogP) is 3.19. The third-order valence-electron chi connectivity index (χ3n) is 7.64. The second-order valence-corrected chi connectivity index (χ2v) is 10.2. The van der Waals surface area contributed by atoms with Crippen LogP contribution in [0.5, 0.6) is 11.5 Å². The molecule has 10 nitrogen and oxygen atoms in total. The summed E-state index contributed by atoms with van der Waals surface area (Å²) < 4.78 is 18.4. The van der Waals surface area contributed by atoms with Crippen molar-refractivity contribution in [1.82, 2.24) is 19.4 Å². The minimum absolute atomic E-state index is 0.106. The quantitative estimate of drug-likeness (QED) is 0.379. The molecular formula is C31H37N5O5. The van der Waals surface area contributed by atoms with Gasteiger partial charge < -0.3 is 23.7 Å². The number of nitrogens with zero attached hydrogens (tertiary/aromatic N) is 5. The maximum atomic E-state index is 14.1. The summed E-state index contributed by atoms with van der Waals surface area (Å²) in [7, 11) is 5.17. The van der Waals surface area contributed by atoms with Crippen molar-refractivity contribution in [2.24, 2.45) is 12.1 Å². The highest BCUT2D eigenvalue weighted by Crippen LogP contribution is 2.37. The molecule has 41 heavy (non-hydrogen) atoms. The highest BCUT2D eigenvalue weighted by Gasteiger charge is 2.36. The van der Waals surface area contributed by atoms with Gasteiger partial charge in [-0.05, 0) is 42.5 Å². The Balaban J connectivity index is 1.42. The highest BCUT2D eigenvalue weighted by atomic mass is 16.5. The first kappa shape index (κ1) is 28.4. The number of amides is 2. The number of hydrazone groups is 1. The normalized spacial score (nSPS) is 17.3. The van der Waals surface area contributed by atoms with Crippen LogP contribution in [0.3, 0.4) is 0 Å². The smallest absolute Gasteiger partial charge is 0.262 e. The molecule has 2 amide bonds. The van der Waals surface area contributed by atoms with Gasteiger partial charge in [0.15, 0.2) is 0 Å². The molecule has 0 N–H and O–H groups in total. The fourth-order valence-corrected chi connectivity index (χ4v) is 5.33. The summed E-state index contributed by atoms with van der Waals surface area (Å²) in [6.07, 6.45) is 2.49. The average molecular weight is 560 g/mol. The lowest BCUT2D eigenvalue weighted by Crippen LogP contribution is -2.46. The minimum atomic E-state index is -0.360. The Morgan fingerprint density at radius 1 is 1.00 bits per heavy atom. The number of ether oxygens (including phenoxy) is 3. The van der Waals surface area contributed by atoms with E-state index in [1.807, 2.05) is 54.2 Å². The molecule has 1 saturated heterocycles. The Labute approximate surface area is 240 Å². The first-order chi connectivity index (χ1) is 20.0. The van der Waals surface area contributed by atoms with Crippen molar-refractivity contribution < 1.29 is 23.8 Å².